The smallest absolute Gasteiger partial charge is 0.323 e. The molecule has 3 nitrogen and oxygen atoms in total. The number of hydrogen-bond acceptors (Lipinski definition) is 3. The van der Waals surface area contributed by atoms with E-state index in [4.69, 9.17) is 10.5 Å². The molecule has 15 heavy (non-hydrogen) atoms. The molecule has 0 amide bonds. The van der Waals surface area contributed by atoms with Gasteiger partial charge in [-0.25, -0.2) is 0 Å². The van der Waals surface area contributed by atoms with Gasteiger partial charge < -0.3 is 10.5 Å². The first-order valence-corrected chi connectivity index (χ1v) is 6.07. The van der Waals surface area contributed by atoms with E-state index in [0.29, 0.717) is 6.61 Å². The van der Waals surface area contributed by atoms with Crippen LogP contribution in [0.4, 0.5) is 0 Å². The summed E-state index contributed by atoms with van der Waals surface area (Å²) in [5, 5.41) is 0. The Morgan fingerprint density at radius 3 is 2.67 bits per heavy atom. The Hall–Kier alpha value is -0.570. The molecule has 0 aromatic carbocycles. The van der Waals surface area contributed by atoms with E-state index in [1.165, 1.54) is 19.3 Å². The fourth-order valence-electron chi connectivity index (χ4n) is 1.69. The molecule has 1 rings (SSSR count). The number of nitrogens with two attached hydrogens (primary N) is 1. The van der Waals surface area contributed by atoms with Crippen LogP contribution in [-0.4, -0.2) is 18.6 Å². The maximum atomic E-state index is 11.5. The molecule has 1 aliphatic rings. The highest BCUT2D eigenvalue weighted by Crippen LogP contribution is 2.29. The molecule has 0 aromatic rings. The van der Waals surface area contributed by atoms with Gasteiger partial charge in [0.25, 0.3) is 0 Å². The van der Waals surface area contributed by atoms with Crippen LogP contribution in [0, 0.1) is 11.8 Å². The number of carbonyl (C=O) groups is 1. The SMILES string of the molecule is CCC(C)C(N)C(=O)OCCC1CCC1. The standard InChI is InChI=1S/C12H23NO2/c1-3-9(2)11(13)12(14)15-8-7-10-5-4-6-10/h9-11H,3-8,13H2,1-2H3. The average Bonchev–Trinajstić information content (AvgIpc) is 2.19. The van der Waals surface area contributed by atoms with Crippen molar-refractivity contribution in [2.45, 2.75) is 52.0 Å². The zero-order chi connectivity index (χ0) is 11.3. The van der Waals surface area contributed by atoms with Crippen LogP contribution in [0.2, 0.25) is 0 Å². The largest absolute Gasteiger partial charge is 0.465 e. The van der Waals surface area contributed by atoms with Crippen molar-refractivity contribution in [1.29, 1.82) is 0 Å². The number of esters is 1. The Bertz CT molecular complexity index is 202. The third-order valence-electron chi connectivity index (χ3n) is 3.52. The van der Waals surface area contributed by atoms with Gasteiger partial charge in [-0.15, -0.1) is 0 Å². The Morgan fingerprint density at radius 2 is 2.20 bits per heavy atom. The average molecular weight is 213 g/mol. The Morgan fingerprint density at radius 1 is 1.53 bits per heavy atom. The Kier molecular flexibility index (Phi) is 5.09. The highest BCUT2D eigenvalue weighted by Gasteiger charge is 2.22. The molecular weight excluding hydrogens is 190 g/mol. The molecule has 0 heterocycles. The molecule has 2 N–H and O–H groups in total. The van der Waals surface area contributed by atoms with Gasteiger partial charge in [0.1, 0.15) is 6.04 Å². The minimum Gasteiger partial charge on any atom is -0.465 e. The summed E-state index contributed by atoms with van der Waals surface area (Å²) in [6.45, 7) is 4.57. The molecule has 88 valence electrons. The zero-order valence-corrected chi connectivity index (χ0v) is 9.87. The minimum atomic E-state index is -0.448. The summed E-state index contributed by atoms with van der Waals surface area (Å²) < 4.78 is 5.17. The van der Waals surface area contributed by atoms with E-state index in [1.807, 2.05) is 13.8 Å². The normalized spacial score (nSPS) is 20.5. The van der Waals surface area contributed by atoms with Crippen LogP contribution < -0.4 is 5.73 Å². The van der Waals surface area contributed by atoms with Crippen LogP contribution in [0.25, 0.3) is 0 Å². The summed E-state index contributed by atoms with van der Waals surface area (Å²) in [4.78, 5) is 11.5. The van der Waals surface area contributed by atoms with Crippen molar-refractivity contribution in [2.24, 2.45) is 17.6 Å². The van der Waals surface area contributed by atoms with E-state index < -0.39 is 6.04 Å². The summed E-state index contributed by atoms with van der Waals surface area (Å²) in [6, 6.07) is -0.448. The van der Waals surface area contributed by atoms with Gasteiger partial charge in [-0.3, -0.25) is 4.79 Å². The quantitative estimate of drug-likeness (QED) is 0.687. The van der Waals surface area contributed by atoms with E-state index in [0.717, 1.165) is 18.8 Å². The van der Waals surface area contributed by atoms with Crippen LogP contribution in [0.15, 0.2) is 0 Å². The second-order valence-corrected chi connectivity index (χ2v) is 4.66. The molecule has 2 atom stereocenters. The van der Waals surface area contributed by atoms with Crippen LogP contribution in [0.5, 0.6) is 0 Å². The molecule has 3 heteroatoms. The van der Waals surface area contributed by atoms with Gasteiger partial charge in [0.05, 0.1) is 6.61 Å². The molecular formula is C12H23NO2. The first kappa shape index (κ1) is 12.5. The Labute approximate surface area is 92.4 Å². The number of hydrogen-bond donors (Lipinski definition) is 1. The summed E-state index contributed by atoms with van der Waals surface area (Å²) in [6.07, 6.45) is 5.87. The molecule has 2 unspecified atom stereocenters. The molecule has 0 saturated heterocycles. The van der Waals surface area contributed by atoms with Gasteiger partial charge >= 0.3 is 5.97 Å². The van der Waals surface area contributed by atoms with E-state index in [-0.39, 0.29) is 11.9 Å². The van der Waals surface area contributed by atoms with Crippen LogP contribution in [-0.2, 0) is 9.53 Å². The molecule has 0 radical (unpaired) electrons. The summed E-state index contributed by atoms with van der Waals surface area (Å²) in [5.74, 6) is 0.766. The van der Waals surface area contributed by atoms with Gasteiger partial charge in [0.15, 0.2) is 0 Å². The fraction of sp³-hybridized carbons (Fsp3) is 0.917. The Balaban J connectivity index is 2.11. The summed E-state index contributed by atoms with van der Waals surface area (Å²) in [7, 11) is 0. The first-order valence-electron chi connectivity index (χ1n) is 6.07. The number of rotatable bonds is 6. The van der Waals surface area contributed by atoms with Crippen LogP contribution >= 0.6 is 0 Å². The third-order valence-corrected chi connectivity index (χ3v) is 3.52. The zero-order valence-electron chi connectivity index (χ0n) is 9.87. The van der Waals surface area contributed by atoms with E-state index in [9.17, 15) is 4.79 Å². The third kappa shape index (κ3) is 3.82. The van der Waals surface area contributed by atoms with Gasteiger partial charge in [-0.2, -0.15) is 0 Å². The highest BCUT2D eigenvalue weighted by atomic mass is 16.5. The predicted octanol–water partition coefficient (Wildman–Crippen LogP) is 2.09. The van der Waals surface area contributed by atoms with Gasteiger partial charge in [0.2, 0.25) is 0 Å². The molecule has 0 bridgehead atoms. The lowest BCUT2D eigenvalue weighted by Crippen LogP contribution is -2.38. The molecule has 0 aliphatic heterocycles. The molecule has 1 fully saturated rings. The predicted molar refractivity (Wildman–Crippen MR) is 60.3 cm³/mol. The van der Waals surface area contributed by atoms with Crippen molar-refractivity contribution in [2.75, 3.05) is 6.61 Å². The van der Waals surface area contributed by atoms with E-state index in [2.05, 4.69) is 0 Å². The maximum absolute atomic E-state index is 11.5. The highest BCUT2D eigenvalue weighted by molar-refractivity contribution is 5.75. The fourth-order valence-corrected chi connectivity index (χ4v) is 1.69. The van der Waals surface area contributed by atoms with E-state index in [1.54, 1.807) is 0 Å². The first-order chi connectivity index (χ1) is 7.15. The van der Waals surface area contributed by atoms with Crippen molar-refractivity contribution >= 4 is 5.97 Å². The van der Waals surface area contributed by atoms with Crippen molar-refractivity contribution < 1.29 is 9.53 Å². The molecule has 1 saturated carbocycles. The molecule has 1 aliphatic carbocycles. The van der Waals surface area contributed by atoms with Crippen molar-refractivity contribution in [3.05, 3.63) is 0 Å². The minimum absolute atomic E-state index is 0.209. The topological polar surface area (TPSA) is 52.3 Å². The lowest BCUT2D eigenvalue weighted by atomic mass is 9.83. The van der Waals surface area contributed by atoms with E-state index >= 15 is 0 Å². The summed E-state index contributed by atoms with van der Waals surface area (Å²) in [5.41, 5.74) is 5.76. The van der Waals surface area contributed by atoms with Crippen LogP contribution in [0.3, 0.4) is 0 Å². The van der Waals surface area contributed by atoms with Gasteiger partial charge in [0, 0.05) is 0 Å². The monoisotopic (exact) mass is 213 g/mol. The van der Waals surface area contributed by atoms with Crippen molar-refractivity contribution in [3.63, 3.8) is 0 Å². The van der Waals surface area contributed by atoms with Gasteiger partial charge in [-0.05, 0) is 18.3 Å². The summed E-state index contributed by atoms with van der Waals surface area (Å²) >= 11 is 0. The number of ether oxygens (including phenoxy) is 1. The van der Waals surface area contributed by atoms with Crippen molar-refractivity contribution in [1.82, 2.24) is 0 Å². The molecule has 0 aromatic heterocycles. The maximum Gasteiger partial charge on any atom is 0.323 e. The van der Waals surface area contributed by atoms with Gasteiger partial charge in [-0.1, -0.05) is 39.5 Å². The van der Waals surface area contributed by atoms with Crippen molar-refractivity contribution in [3.8, 4) is 0 Å². The number of carbonyl (C=O) groups excluding carboxylic acids is 1. The second kappa shape index (κ2) is 6.11. The van der Waals surface area contributed by atoms with Crippen LogP contribution in [0.1, 0.15) is 46.0 Å². The molecule has 0 spiro atoms. The lowest BCUT2D eigenvalue weighted by molar-refractivity contribution is -0.147. The second-order valence-electron chi connectivity index (χ2n) is 4.66. The lowest BCUT2D eigenvalue weighted by Gasteiger charge is -2.25.